The summed E-state index contributed by atoms with van der Waals surface area (Å²) in [7, 11) is 0. The Morgan fingerprint density at radius 1 is 1.44 bits per heavy atom. The van der Waals surface area contributed by atoms with E-state index < -0.39 is 0 Å². The third-order valence-electron chi connectivity index (χ3n) is 4.69. The van der Waals surface area contributed by atoms with Crippen LogP contribution in [0.2, 0.25) is 0 Å². The summed E-state index contributed by atoms with van der Waals surface area (Å²) in [5, 5.41) is 10.2. The van der Waals surface area contributed by atoms with Gasteiger partial charge in [0.15, 0.2) is 0 Å². The predicted molar refractivity (Wildman–Crippen MR) is 68.1 cm³/mol. The molecule has 0 bridgehead atoms. The van der Waals surface area contributed by atoms with Gasteiger partial charge in [-0.15, -0.1) is 0 Å². The largest absolute Gasteiger partial charge is 0.389 e. The lowest BCUT2D eigenvalue weighted by atomic mass is 9.52. The smallest absolute Gasteiger partial charge is 0.0750 e. The average Bonchev–Trinajstić information content (AvgIpc) is 2.24. The van der Waals surface area contributed by atoms with Crippen LogP contribution in [-0.2, 0) is 0 Å². The molecule has 1 nitrogen and oxygen atoms in total. The highest BCUT2D eigenvalue weighted by Crippen LogP contribution is 2.56. The summed E-state index contributed by atoms with van der Waals surface area (Å²) in [5.74, 6) is 1.28. The van der Waals surface area contributed by atoms with Crippen molar-refractivity contribution < 1.29 is 5.11 Å². The SMILES string of the molecule is C=C1CC/C=C(/C)[C@@H](O)C[C@@H]2[C@@H]1CC2(C)C. The number of aliphatic hydroxyl groups is 1. The lowest BCUT2D eigenvalue weighted by molar-refractivity contribution is -0.0197. The van der Waals surface area contributed by atoms with Gasteiger partial charge >= 0.3 is 0 Å². The summed E-state index contributed by atoms with van der Waals surface area (Å²) in [6.45, 7) is 10.9. The Morgan fingerprint density at radius 2 is 2.12 bits per heavy atom. The minimum atomic E-state index is -0.238. The molecule has 2 aliphatic carbocycles. The number of rotatable bonds is 0. The monoisotopic (exact) mass is 220 g/mol. The first-order valence-electron chi connectivity index (χ1n) is 6.44. The second-order valence-corrected chi connectivity index (χ2v) is 6.30. The highest BCUT2D eigenvalue weighted by Gasteiger charge is 2.48. The molecule has 1 fully saturated rings. The Labute approximate surface area is 99.3 Å². The van der Waals surface area contributed by atoms with E-state index in [2.05, 4.69) is 33.4 Å². The molecular weight excluding hydrogens is 196 g/mol. The fourth-order valence-corrected chi connectivity index (χ4v) is 3.39. The van der Waals surface area contributed by atoms with Crippen LogP contribution in [0.3, 0.4) is 0 Å². The quantitative estimate of drug-likeness (QED) is 0.617. The van der Waals surface area contributed by atoms with Gasteiger partial charge in [0.2, 0.25) is 0 Å². The summed E-state index contributed by atoms with van der Waals surface area (Å²) in [4.78, 5) is 0. The van der Waals surface area contributed by atoms with Gasteiger partial charge in [0.25, 0.3) is 0 Å². The van der Waals surface area contributed by atoms with Gasteiger partial charge in [-0.05, 0) is 55.4 Å². The zero-order valence-electron chi connectivity index (χ0n) is 10.8. The summed E-state index contributed by atoms with van der Waals surface area (Å²) < 4.78 is 0. The summed E-state index contributed by atoms with van der Waals surface area (Å²) in [5.41, 5.74) is 2.94. The Kier molecular flexibility index (Phi) is 3.00. The minimum absolute atomic E-state index is 0.238. The first-order chi connectivity index (χ1) is 7.42. The van der Waals surface area contributed by atoms with Gasteiger partial charge in [0.1, 0.15) is 0 Å². The van der Waals surface area contributed by atoms with Crippen LogP contribution in [0.25, 0.3) is 0 Å². The highest BCUT2D eigenvalue weighted by atomic mass is 16.3. The molecule has 2 rings (SSSR count). The summed E-state index contributed by atoms with van der Waals surface area (Å²) in [6.07, 6.45) is 6.26. The van der Waals surface area contributed by atoms with Gasteiger partial charge in [-0.3, -0.25) is 0 Å². The van der Waals surface area contributed by atoms with E-state index in [0.717, 1.165) is 24.8 Å². The van der Waals surface area contributed by atoms with Gasteiger partial charge in [0, 0.05) is 0 Å². The fourth-order valence-electron chi connectivity index (χ4n) is 3.39. The Morgan fingerprint density at radius 3 is 2.75 bits per heavy atom. The fraction of sp³-hybridized carbons (Fsp3) is 0.733. The molecule has 0 amide bonds. The molecule has 16 heavy (non-hydrogen) atoms. The molecule has 0 aromatic heterocycles. The van der Waals surface area contributed by atoms with E-state index in [0.29, 0.717) is 17.3 Å². The third kappa shape index (κ3) is 1.98. The molecule has 0 spiro atoms. The normalized spacial score (nSPS) is 41.9. The molecule has 1 heteroatoms. The van der Waals surface area contributed by atoms with E-state index in [4.69, 9.17) is 0 Å². The van der Waals surface area contributed by atoms with Gasteiger partial charge in [-0.25, -0.2) is 0 Å². The van der Waals surface area contributed by atoms with E-state index in [1.54, 1.807) is 0 Å². The van der Waals surface area contributed by atoms with Gasteiger partial charge in [-0.1, -0.05) is 32.1 Å². The maximum atomic E-state index is 10.2. The summed E-state index contributed by atoms with van der Waals surface area (Å²) in [6, 6.07) is 0. The van der Waals surface area contributed by atoms with E-state index in [-0.39, 0.29) is 6.10 Å². The number of hydrogen-bond donors (Lipinski definition) is 1. The van der Waals surface area contributed by atoms with E-state index >= 15 is 0 Å². The number of hydrogen-bond acceptors (Lipinski definition) is 1. The topological polar surface area (TPSA) is 20.2 Å². The maximum absolute atomic E-state index is 10.2. The molecule has 0 saturated heterocycles. The van der Waals surface area contributed by atoms with Crippen LogP contribution in [0, 0.1) is 17.3 Å². The first kappa shape index (κ1) is 11.9. The summed E-state index contributed by atoms with van der Waals surface area (Å²) >= 11 is 0. The maximum Gasteiger partial charge on any atom is 0.0750 e. The number of allylic oxidation sites excluding steroid dienone is 2. The Bertz CT molecular complexity index is 324. The highest BCUT2D eigenvalue weighted by molar-refractivity contribution is 5.18. The molecule has 1 N–H and O–H groups in total. The zero-order chi connectivity index (χ0) is 11.9. The molecule has 3 atom stereocenters. The molecule has 0 aromatic rings. The molecule has 0 radical (unpaired) electrons. The molecule has 90 valence electrons. The van der Waals surface area contributed by atoms with Crippen molar-refractivity contribution in [2.75, 3.05) is 0 Å². The second kappa shape index (κ2) is 4.03. The molecule has 0 unspecified atom stereocenters. The van der Waals surface area contributed by atoms with Crippen molar-refractivity contribution in [3.8, 4) is 0 Å². The van der Waals surface area contributed by atoms with Crippen LogP contribution in [0.4, 0.5) is 0 Å². The van der Waals surface area contributed by atoms with Crippen molar-refractivity contribution in [1.82, 2.24) is 0 Å². The molecule has 0 aliphatic heterocycles. The average molecular weight is 220 g/mol. The van der Waals surface area contributed by atoms with Crippen molar-refractivity contribution in [2.45, 2.75) is 52.6 Å². The van der Waals surface area contributed by atoms with Crippen LogP contribution < -0.4 is 0 Å². The lowest BCUT2D eigenvalue weighted by Gasteiger charge is -2.53. The van der Waals surface area contributed by atoms with Crippen molar-refractivity contribution in [1.29, 1.82) is 0 Å². The third-order valence-corrected chi connectivity index (χ3v) is 4.69. The Balaban J connectivity index is 2.19. The van der Waals surface area contributed by atoms with Gasteiger partial charge < -0.3 is 5.11 Å². The van der Waals surface area contributed by atoms with Crippen LogP contribution >= 0.6 is 0 Å². The molecule has 0 aromatic carbocycles. The first-order valence-corrected chi connectivity index (χ1v) is 6.44. The lowest BCUT2D eigenvalue weighted by Crippen LogP contribution is -2.46. The van der Waals surface area contributed by atoms with Crippen molar-refractivity contribution in [2.24, 2.45) is 17.3 Å². The van der Waals surface area contributed by atoms with Crippen molar-refractivity contribution in [3.05, 3.63) is 23.8 Å². The van der Waals surface area contributed by atoms with Crippen LogP contribution in [0.1, 0.15) is 46.5 Å². The number of fused-ring (bicyclic) bond motifs is 1. The van der Waals surface area contributed by atoms with Crippen molar-refractivity contribution >= 4 is 0 Å². The van der Waals surface area contributed by atoms with Crippen molar-refractivity contribution in [3.63, 3.8) is 0 Å². The second-order valence-electron chi connectivity index (χ2n) is 6.30. The molecular formula is C15H24O. The van der Waals surface area contributed by atoms with Crippen LogP contribution in [0.15, 0.2) is 23.8 Å². The van der Waals surface area contributed by atoms with Gasteiger partial charge in [0.05, 0.1) is 6.10 Å². The molecule has 1 saturated carbocycles. The zero-order valence-corrected chi connectivity index (χ0v) is 10.8. The van der Waals surface area contributed by atoms with E-state index in [1.807, 2.05) is 0 Å². The van der Waals surface area contributed by atoms with Crippen LogP contribution in [-0.4, -0.2) is 11.2 Å². The standard InChI is InChI=1S/C15H24O/c1-10-6-5-7-11(2)14(16)8-13-12(10)9-15(13,3)4/h7,12-14,16H,1,5-6,8-9H2,2-4H3/b11-7-/t12-,13-,14+/m1/s1. The van der Waals surface area contributed by atoms with Gasteiger partial charge in [-0.2, -0.15) is 0 Å². The Hall–Kier alpha value is -0.560. The van der Waals surface area contributed by atoms with E-state index in [1.165, 1.54) is 12.0 Å². The van der Waals surface area contributed by atoms with Crippen LogP contribution in [0.5, 0.6) is 0 Å². The molecule has 0 heterocycles. The predicted octanol–water partition coefficient (Wildman–Crippen LogP) is 3.70. The minimum Gasteiger partial charge on any atom is -0.389 e. The number of aliphatic hydroxyl groups excluding tert-OH is 1. The van der Waals surface area contributed by atoms with E-state index in [9.17, 15) is 5.11 Å². The molecule has 2 aliphatic rings.